The summed E-state index contributed by atoms with van der Waals surface area (Å²) in [7, 11) is 0. The predicted octanol–water partition coefficient (Wildman–Crippen LogP) is 2.64. The Labute approximate surface area is 86.1 Å². The molecule has 0 aliphatic rings. The molecule has 2 aromatic rings. The van der Waals surface area contributed by atoms with Crippen LogP contribution in [0.4, 0.5) is 0 Å². The summed E-state index contributed by atoms with van der Waals surface area (Å²) in [6.07, 6.45) is 4.50. The molecule has 0 saturated heterocycles. The number of hydrogen-bond donors (Lipinski definition) is 0. The molecule has 0 amide bonds. The first kappa shape index (κ1) is 9.21. The maximum atomic E-state index is 11.8. The van der Waals surface area contributed by atoms with E-state index in [1.807, 2.05) is 29.8 Å². The molecule has 0 spiro atoms. The second-order valence-electron chi connectivity index (χ2n) is 3.09. The van der Waals surface area contributed by atoms with Gasteiger partial charge >= 0.3 is 0 Å². The molecule has 0 bridgehead atoms. The van der Waals surface area contributed by atoms with Crippen LogP contribution in [-0.2, 0) is 6.54 Å². The van der Waals surface area contributed by atoms with Crippen LogP contribution in [0.15, 0.2) is 41.2 Å². The number of rotatable bonds is 3. The fraction of sp³-hybridized carbons (Fsp3) is 0.182. The number of thiophene rings is 1. The Bertz CT molecular complexity index is 509. The Morgan fingerprint density at radius 1 is 1.50 bits per heavy atom. The van der Waals surface area contributed by atoms with E-state index in [0.717, 1.165) is 16.5 Å². The Kier molecular flexibility index (Phi) is 2.50. The summed E-state index contributed by atoms with van der Waals surface area (Å²) in [5, 5.41) is 2.77. The van der Waals surface area contributed by atoms with E-state index in [0.29, 0.717) is 6.54 Å². The monoisotopic (exact) mass is 205 g/mol. The van der Waals surface area contributed by atoms with Crippen molar-refractivity contribution in [3.05, 3.63) is 46.7 Å². The molecule has 0 unspecified atom stereocenters. The van der Waals surface area contributed by atoms with Gasteiger partial charge in [0.2, 0.25) is 0 Å². The van der Waals surface area contributed by atoms with Crippen molar-refractivity contribution >= 4 is 21.4 Å². The molecule has 2 rings (SSSR count). The van der Waals surface area contributed by atoms with E-state index >= 15 is 0 Å². The molecule has 72 valence electrons. The third kappa shape index (κ3) is 1.51. The van der Waals surface area contributed by atoms with Crippen molar-refractivity contribution in [2.75, 3.05) is 0 Å². The van der Waals surface area contributed by atoms with Crippen LogP contribution >= 0.6 is 11.3 Å². The van der Waals surface area contributed by atoms with Crippen LogP contribution in [0.3, 0.4) is 0 Å². The molecule has 0 saturated carbocycles. The molecule has 3 heteroatoms. The van der Waals surface area contributed by atoms with Crippen molar-refractivity contribution in [2.45, 2.75) is 13.0 Å². The molecular formula is C11H11NOS. The lowest BCUT2D eigenvalue weighted by Crippen LogP contribution is -2.18. The summed E-state index contributed by atoms with van der Waals surface area (Å²) in [6, 6.07) is 3.87. The van der Waals surface area contributed by atoms with Crippen LogP contribution in [0.5, 0.6) is 0 Å². The van der Waals surface area contributed by atoms with E-state index in [1.165, 1.54) is 0 Å². The van der Waals surface area contributed by atoms with Gasteiger partial charge in [0.15, 0.2) is 0 Å². The van der Waals surface area contributed by atoms with Gasteiger partial charge in [0.25, 0.3) is 5.56 Å². The van der Waals surface area contributed by atoms with Crippen molar-refractivity contribution in [1.82, 2.24) is 4.57 Å². The third-order valence-corrected chi connectivity index (χ3v) is 3.05. The molecule has 0 atom stereocenters. The van der Waals surface area contributed by atoms with Gasteiger partial charge in [0.05, 0.1) is 5.39 Å². The van der Waals surface area contributed by atoms with Gasteiger partial charge in [-0.3, -0.25) is 4.79 Å². The Morgan fingerprint density at radius 3 is 3.14 bits per heavy atom. The molecule has 0 aromatic carbocycles. The van der Waals surface area contributed by atoms with Gasteiger partial charge in [0, 0.05) is 17.4 Å². The van der Waals surface area contributed by atoms with Crippen molar-refractivity contribution in [3.63, 3.8) is 0 Å². The molecule has 0 N–H and O–H groups in total. The summed E-state index contributed by atoms with van der Waals surface area (Å²) in [5.74, 6) is 0. The van der Waals surface area contributed by atoms with E-state index in [1.54, 1.807) is 15.9 Å². The Morgan fingerprint density at radius 2 is 2.36 bits per heavy atom. The van der Waals surface area contributed by atoms with Crippen molar-refractivity contribution in [1.29, 1.82) is 0 Å². The Balaban J connectivity index is 2.51. The van der Waals surface area contributed by atoms with Crippen LogP contribution < -0.4 is 5.56 Å². The van der Waals surface area contributed by atoms with Crippen LogP contribution in [0.1, 0.15) is 6.42 Å². The fourth-order valence-electron chi connectivity index (χ4n) is 1.41. The van der Waals surface area contributed by atoms with E-state index in [-0.39, 0.29) is 5.56 Å². The molecule has 0 fully saturated rings. The number of aryl methyl sites for hydroxylation is 1. The number of allylic oxidation sites excluding steroid dienone is 1. The smallest absolute Gasteiger partial charge is 0.259 e. The zero-order valence-electron chi connectivity index (χ0n) is 7.77. The fourth-order valence-corrected chi connectivity index (χ4v) is 2.19. The van der Waals surface area contributed by atoms with Gasteiger partial charge in [-0.1, -0.05) is 6.08 Å². The van der Waals surface area contributed by atoms with Gasteiger partial charge in [-0.05, 0) is 23.9 Å². The first-order valence-corrected chi connectivity index (χ1v) is 5.38. The topological polar surface area (TPSA) is 22.0 Å². The van der Waals surface area contributed by atoms with Crippen molar-refractivity contribution in [2.24, 2.45) is 0 Å². The zero-order valence-corrected chi connectivity index (χ0v) is 8.59. The average molecular weight is 205 g/mol. The number of hydrogen-bond acceptors (Lipinski definition) is 2. The Hall–Kier alpha value is -1.35. The highest BCUT2D eigenvalue weighted by molar-refractivity contribution is 7.17. The van der Waals surface area contributed by atoms with E-state index < -0.39 is 0 Å². The number of aromatic nitrogens is 1. The molecular weight excluding hydrogens is 194 g/mol. The molecule has 2 aromatic heterocycles. The summed E-state index contributed by atoms with van der Waals surface area (Å²) in [6.45, 7) is 4.36. The van der Waals surface area contributed by atoms with Gasteiger partial charge < -0.3 is 4.57 Å². The molecule has 0 aliphatic heterocycles. The number of nitrogens with zero attached hydrogens (tertiary/aromatic N) is 1. The minimum absolute atomic E-state index is 0.102. The molecule has 2 heterocycles. The minimum atomic E-state index is 0.102. The van der Waals surface area contributed by atoms with Crippen molar-refractivity contribution < 1.29 is 0 Å². The van der Waals surface area contributed by atoms with E-state index in [4.69, 9.17) is 0 Å². The largest absolute Gasteiger partial charge is 0.315 e. The summed E-state index contributed by atoms with van der Waals surface area (Å²) < 4.78 is 2.79. The van der Waals surface area contributed by atoms with Crippen LogP contribution in [0.25, 0.3) is 10.1 Å². The average Bonchev–Trinajstić information content (AvgIpc) is 2.66. The first-order valence-electron chi connectivity index (χ1n) is 4.50. The van der Waals surface area contributed by atoms with Gasteiger partial charge in [-0.2, -0.15) is 0 Å². The summed E-state index contributed by atoms with van der Waals surface area (Å²) >= 11 is 1.60. The van der Waals surface area contributed by atoms with Crippen LogP contribution in [0.2, 0.25) is 0 Å². The number of fused-ring (bicyclic) bond motifs is 1. The zero-order chi connectivity index (χ0) is 9.97. The molecule has 0 aliphatic carbocycles. The van der Waals surface area contributed by atoms with Gasteiger partial charge in [-0.25, -0.2) is 0 Å². The summed E-state index contributed by atoms with van der Waals surface area (Å²) in [5.41, 5.74) is 0.102. The normalized spacial score (nSPS) is 10.6. The van der Waals surface area contributed by atoms with Crippen LogP contribution in [0, 0.1) is 0 Å². The third-order valence-electron chi connectivity index (χ3n) is 2.17. The second kappa shape index (κ2) is 3.80. The minimum Gasteiger partial charge on any atom is -0.315 e. The quantitative estimate of drug-likeness (QED) is 0.706. The highest BCUT2D eigenvalue weighted by atomic mass is 32.1. The summed E-state index contributed by atoms with van der Waals surface area (Å²) in [4.78, 5) is 11.8. The van der Waals surface area contributed by atoms with E-state index in [9.17, 15) is 4.79 Å². The van der Waals surface area contributed by atoms with Gasteiger partial charge in [0.1, 0.15) is 0 Å². The van der Waals surface area contributed by atoms with Crippen molar-refractivity contribution in [3.8, 4) is 0 Å². The highest BCUT2D eigenvalue weighted by Gasteiger charge is 2.01. The SMILES string of the molecule is C=CCCn1ccc2sccc2c1=O. The lowest BCUT2D eigenvalue weighted by atomic mass is 10.3. The standard InChI is InChI=1S/C11H11NOS/c1-2-3-6-12-7-4-10-9(11(12)13)5-8-14-10/h2,4-5,7-8H,1,3,6H2. The highest BCUT2D eigenvalue weighted by Crippen LogP contribution is 2.16. The molecule has 0 radical (unpaired) electrons. The predicted molar refractivity (Wildman–Crippen MR) is 60.9 cm³/mol. The maximum absolute atomic E-state index is 11.8. The first-order chi connectivity index (χ1) is 6.83. The van der Waals surface area contributed by atoms with Gasteiger partial charge in [-0.15, -0.1) is 17.9 Å². The van der Waals surface area contributed by atoms with Crippen LogP contribution in [-0.4, -0.2) is 4.57 Å². The second-order valence-corrected chi connectivity index (χ2v) is 4.04. The lowest BCUT2D eigenvalue weighted by Gasteiger charge is -2.02. The number of pyridine rings is 1. The maximum Gasteiger partial charge on any atom is 0.259 e. The van der Waals surface area contributed by atoms with E-state index in [2.05, 4.69) is 6.58 Å². The molecule has 14 heavy (non-hydrogen) atoms. The molecule has 2 nitrogen and oxygen atoms in total. The lowest BCUT2D eigenvalue weighted by molar-refractivity contribution is 0.688.